The molecule has 2 aromatic carbocycles. The Morgan fingerprint density at radius 2 is 1.36 bits per heavy atom. The van der Waals surface area contributed by atoms with Crippen LogP contribution in [0.25, 0.3) is 12.2 Å². The molecule has 0 bridgehead atoms. The molecule has 1 nitrogen and oxygen atoms in total. The Hall–Kier alpha value is -2.72. The molecule has 1 heteroatoms. The maximum absolute atomic E-state index is 5.43. The van der Waals surface area contributed by atoms with Gasteiger partial charge in [-0.2, -0.15) is 0 Å². The molecule has 0 amide bonds. The highest BCUT2D eigenvalue weighted by Crippen LogP contribution is 2.13. The van der Waals surface area contributed by atoms with Gasteiger partial charge >= 0.3 is 0 Å². The molecule has 0 spiro atoms. The van der Waals surface area contributed by atoms with Gasteiger partial charge in [-0.05, 0) is 72.9 Å². The van der Waals surface area contributed by atoms with E-state index in [1.165, 1.54) is 24.0 Å². The minimum atomic E-state index is 0.689. The first kappa shape index (κ1) is 18.6. The SMILES string of the molecule is CCCCc1ccc(C=CC#CC=Cc2ccc(OCC)cc2)cc1. The average Bonchev–Trinajstić information content (AvgIpc) is 2.65. The Bertz CT molecular complexity index is 737. The van der Waals surface area contributed by atoms with Crippen LogP contribution in [0.4, 0.5) is 0 Å². The van der Waals surface area contributed by atoms with E-state index >= 15 is 0 Å². The van der Waals surface area contributed by atoms with E-state index in [4.69, 9.17) is 4.74 Å². The van der Waals surface area contributed by atoms with Crippen molar-refractivity contribution in [2.75, 3.05) is 6.61 Å². The predicted octanol–water partition coefficient (Wildman–Crippen LogP) is 6.16. The van der Waals surface area contributed by atoms with E-state index in [0.29, 0.717) is 6.61 Å². The van der Waals surface area contributed by atoms with Gasteiger partial charge in [-0.15, -0.1) is 0 Å². The molecular formula is C24H26O. The van der Waals surface area contributed by atoms with Crippen molar-refractivity contribution < 1.29 is 4.74 Å². The van der Waals surface area contributed by atoms with Gasteiger partial charge in [0.05, 0.1) is 6.61 Å². The van der Waals surface area contributed by atoms with Crippen LogP contribution in [0, 0.1) is 11.8 Å². The molecular weight excluding hydrogens is 304 g/mol. The average molecular weight is 330 g/mol. The smallest absolute Gasteiger partial charge is 0.119 e. The first-order valence-electron chi connectivity index (χ1n) is 8.97. The van der Waals surface area contributed by atoms with Crippen molar-refractivity contribution in [3.8, 4) is 17.6 Å². The molecule has 0 saturated heterocycles. The maximum atomic E-state index is 5.43. The monoisotopic (exact) mass is 330 g/mol. The van der Waals surface area contributed by atoms with Crippen LogP contribution in [0.1, 0.15) is 43.4 Å². The normalized spacial score (nSPS) is 10.8. The standard InChI is InChI=1S/C24H26O/c1-3-5-10-21-13-15-22(16-14-21)11-8-6-7-9-12-23-17-19-24(20-18-23)25-4-2/h8-9,11-20H,3-5,10H2,1-2H3. The third-order valence-electron chi connectivity index (χ3n) is 3.79. The molecule has 0 unspecified atom stereocenters. The first-order chi connectivity index (χ1) is 12.3. The zero-order chi connectivity index (χ0) is 17.7. The Kier molecular flexibility index (Phi) is 8.15. The molecule has 0 N–H and O–H groups in total. The highest BCUT2D eigenvalue weighted by molar-refractivity contribution is 5.56. The predicted molar refractivity (Wildman–Crippen MR) is 109 cm³/mol. The second-order valence-corrected chi connectivity index (χ2v) is 5.80. The number of unbranched alkanes of at least 4 members (excludes halogenated alkanes) is 1. The second-order valence-electron chi connectivity index (χ2n) is 5.80. The van der Waals surface area contributed by atoms with Gasteiger partial charge in [0.25, 0.3) is 0 Å². The lowest BCUT2D eigenvalue weighted by Gasteiger charge is -2.01. The van der Waals surface area contributed by atoms with Gasteiger partial charge in [0.2, 0.25) is 0 Å². The fraction of sp³-hybridized carbons (Fsp3) is 0.250. The summed E-state index contributed by atoms with van der Waals surface area (Å²) in [4.78, 5) is 0. The van der Waals surface area contributed by atoms with Crippen LogP contribution < -0.4 is 4.74 Å². The van der Waals surface area contributed by atoms with E-state index in [2.05, 4.69) is 43.0 Å². The van der Waals surface area contributed by atoms with E-state index in [1.54, 1.807) is 0 Å². The summed E-state index contributed by atoms with van der Waals surface area (Å²) in [7, 11) is 0. The molecule has 0 heterocycles. The fourth-order valence-electron chi connectivity index (χ4n) is 2.39. The number of hydrogen-bond donors (Lipinski definition) is 0. The third kappa shape index (κ3) is 7.14. The number of ether oxygens (including phenoxy) is 1. The van der Waals surface area contributed by atoms with Crippen molar-refractivity contribution in [1.29, 1.82) is 0 Å². The number of allylic oxidation sites excluding steroid dienone is 2. The minimum absolute atomic E-state index is 0.689. The van der Waals surface area contributed by atoms with E-state index in [0.717, 1.165) is 17.7 Å². The highest BCUT2D eigenvalue weighted by Gasteiger charge is 1.92. The van der Waals surface area contributed by atoms with Crippen LogP contribution in [0.5, 0.6) is 5.75 Å². The summed E-state index contributed by atoms with van der Waals surface area (Å²) in [6, 6.07) is 16.7. The number of rotatable bonds is 7. The van der Waals surface area contributed by atoms with Crippen LogP contribution in [-0.4, -0.2) is 6.61 Å². The summed E-state index contributed by atoms with van der Waals surface area (Å²) in [6.45, 7) is 4.90. The van der Waals surface area contributed by atoms with Crippen LogP contribution in [-0.2, 0) is 6.42 Å². The molecule has 2 aromatic rings. The lowest BCUT2D eigenvalue weighted by Crippen LogP contribution is -1.90. The Labute approximate surface area is 152 Å². The van der Waals surface area contributed by atoms with Crippen molar-refractivity contribution >= 4 is 12.2 Å². The number of benzene rings is 2. The summed E-state index contributed by atoms with van der Waals surface area (Å²) in [6.07, 6.45) is 11.5. The molecule has 0 aliphatic carbocycles. The molecule has 2 rings (SSSR count). The van der Waals surface area contributed by atoms with Gasteiger partial charge < -0.3 is 4.74 Å². The maximum Gasteiger partial charge on any atom is 0.119 e. The molecule has 0 fully saturated rings. The lowest BCUT2D eigenvalue weighted by molar-refractivity contribution is 0.340. The van der Waals surface area contributed by atoms with Crippen LogP contribution >= 0.6 is 0 Å². The Morgan fingerprint density at radius 1 is 0.800 bits per heavy atom. The molecule has 0 radical (unpaired) electrons. The molecule has 0 aliphatic rings. The van der Waals surface area contributed by atoms with Crippen LogP contribution in [0.3, 0.4) is 0 Å². The summed E-state index contributed by atoms with van der Waals surface area (Å²) in [5.41, 5.74) is 3.71. The highest BCUT2D eigenvalue weighted by atomic mass is 16.5. The van der Waals surface area contributed by atoms with Gasteiger partial charge in [-0.1, -0.05) is 61.6 Å². The largest absolute Gasteiger partial charge is 0.494 e. The van der Waals surface area contributed by atoms with Gasteiger partial charge in [-0.25, -0.2) is 0 Å². The third-order valence-corrected chi connectivity index (χ3v) is 3.79. The zero-order valence-corrected chi connectivity index (χ0v) is 15.2. The second kappa shape index (κ2) is 10.9. The zero-order valence-electron chi connectivity index (χ0n) is 15.2. The van der Waals surface area contributed by atoms with Gasteiger partial charge in [0.15, 0.2) is 0 Å². The molecule has 25 heavy (non-hydrogen) atoms. The first-order valence-corrected chi connectivity index (χ1v) is 8.97. The fourth-order valence-corrected chi connectivity index (χ4v) is 2.39. The van der Waals surface area contributed by atoms with Crippen molar-refractivity contribution in [3.63, 3.8) is 0 Å². The van der Waals surface area contributed by atoms with Crippen LogP contribution in [0.2, 0.25) is 0 Å². The van der Waals surface area contributed by atoms with E-state index < -0.39 is 0 Å². The van der Waals surface area contributed by atoms with Crippen molar-refractivity contribution in [2.24, 2.45) is 0 Å². The number of hydrogen-bond acceptors (Lipinski definition) is 1. The molecule has 128 valence electrons. The minimum Gasteiger partial charge on any atom is -0.494 e. The van der Waals surface area contributed by atoms with Gasteiger partial charge in [0, 0.05) is 0 Å². The molecule has 0 aliphatic heterocycles. The summed E-state index contributed by atoms with van der Waals surface area (Å²) < 4.78 is 5.43. The lowest BCUT2D eigenvalue weighted by atomic mass is 10.1. The van der Waals surface area contributed by atoms with Crippen molar-refractivity contribution in [3.05, 3.63) is 77.4 Å². The van der Waals surface area contributed by atoms with E-state index in [-0.39, 0.29) is 0 Å². The van der Waals surface area contributed by atoms with Crippen molar-refractivity contribution in [2.45, 2.75) is 33.1 Å². The summed E-state index contributed by atoms with van der Waals surface area (Å²) in [5, 5.41) is 0. The van der Waals surface area contributed by atoms with Gasteiger partial charge in [0.1, 0.15) is 5.75 Å². The Morgan fingerprint density at radius 3 is 1.88 bits per heavy atom. The molecule has 0 saturated carbocycles. The van der Waals surface area contributed by atoms with E-state index in [9.17, 15) is 0 Å². The van der Waals surface area contributed by atoms with Crippen LogP contribution in [0.15, 0.2) is 60.7 Å². The Balaban J connectivity index is 1.83. The quantitative estimate of drug-likeness (QED) is 0.553. The summed E-state index contributed by atoms with van der Waals surface area (Å²) in [5.74, 6) is 6.97. The van der Waals surface area contributed by atoms with E-state index in [1.807, 2.05) is 55.5 Å². The number of aryl methyl sites for hydroxylation is 1. The summed E-state index contributed by atoms with van der Waals surface area (Å²) >= 11 is 0. The molecule has 0 atom stereocenters. The topological polar surface area (TPSA) is 9.23 Å². The van der Waals surface area contributed by atoms with Crippen molar-refractivity contribution in [1.82, 2.24) is 0 Å². The molecule has 0 aromatic heterocycles. The van der Waals surface area contributed by atoms with Gasteiger partial charge in [-0.3, -0.25) is 0 Å².